The molecule has 9 nitrogen and oxygen atoms in total. The van der Waals surface area contributed by atoms with Crippen molar-refractivity contribution in [3.63, 3.8) is 0 Å². The van der Waals surface area contributed by atoms with E-state index in [1.165, 1.54) is 0 Å². The topological polar surface area (TPSA) is 113 Å². The van der Waals surface area contributed by atoms with Gasteiger partial charge in [0, 0.05) is 23.6 Å². The molecule has 2 aliphatic heterocycles. The lowest BCUT2D eigenvalue weighted by Gasteiger charge is -2.25. The van der Waals surface area contributed by atoms with Crippen molar-refractivity contribution in [1.29, 1.82) is 0 Å². The number of benzene rings is 2. The number of ether oxygens (including phenoxy) is 2. The number of aromatic amines is 1. The Balaban J connectivity index is 1.22. The second kappa shape index (κ2) is 8.16. The van der Waals surface area contributed by atoms with Crippen LogP contribution < -0.4 is 20.1 Å². The predicted molar refractivity (Wildman–Crippen MR) is 120 cm³/mol. The number of H-pyrrole nitrogens is 1. The molecule has 2 aliphatic rings. The molecule has 0 spiro atoms. The summed E-state index contributed by atoms with van der Waals surface area (Å²) in [5, 5.41) is 6.62. The summed E-state index contributed by atoms with van der Waals surface area (Å²) in [6, 6.07) is 12.5. The number of hydrogen-bond donors (Lipinski definition) is 3. The minimum absolute atomic E-state index is 0.349. The highest BCUT2D eigenvalue weighted by molar-refractivity contribution is 6.09. The number of carbonyl (C=O) groups is 3. The van der Waals surface area contributed by atoms with E-state index in [1.54, 1.807) is 25.1 Å². The SMILES string of the molecule is C[C@]1(c2ccc3c(c2)OCCO3)NC(=O)N(CC(=O)NCCc2c[nH]c3ccccc23)C1=O. The number of fused-ring (bicyclic) bond motifs is 2. The average Bonchev–Trinajstić information content (AvgIpc) is 3.33. The van der Waals surface area contributed by atoms with Crippen molar-refractivity contribution < 1.29 is 23.9 Å². The molecule has 3 N–H and O–H groups in total. The zero-order valence-electron chi connectivity index (χ0n) is 18.1. The highest BCUT2D eigenvalue weighted by Gasteiger charge is 2.49. The number of rotatable bonds is 6. The number of nitrogens with zero attached hydrogens (tertiary/aromatic N) is 1. The molecule has 3 heterocycles. The first-order valence-electron chi connectivity index (χ1n) is 10.8. The molecule has 1 atom stereocenters. The maximum Gasteiger partial charge on any atom is 0.325 e. The van der Waals surface area contributed by atoms with Gasteiger partial charge in [0.05, 0.1) is 0 Å². The minimum atomic E-state index is -1.29. The Morgan fingerprint density at radius 3 is 2.76 bits per heavy atom. The van der Waals surface area contributed by atoms with Gasteiger partial charge in [-0.25, -0.2) is 4.79 Å². The molecule has 0 radical (unpaired) electrons. The number of amides is 4. The number of aromatic nitrogens is 1. The van der Waals surface area contributed by atoms with Gasteiger partial charge >= 0.3 is 6.03 Å². The van der Waals surface area contributed by atoms with Crippen molar-refractivity contribution in [3.8, 4) is 11.5 Å². The van der Waals surface area contributed by atoms with Crippen molar-refractivity contribution in [2.75, 3.05) is 26.3 Å². The van der Waals surface area contributed by atoms with Crippen LogP contribution in [0, 0.1) is 0 Å². The quantitative estimate of drug-likeness (QED) is 0.500. The molecule has 0 saturated carbocycles. The molecule has 5 rings (SSSR count). The summed E-state index contributed by atoms with van der Waals surface area (Å²) < 4.78 is 11.1. The van der Waals surface area contributed by atoms with Crippen LogP contribution >= 0.6 is 0 Å². The third kappa shape index (κ3) is 3.75. The molecule has 0 bridgehead atoms. The van der Waals surface area contributed by atoms with Gasteiger partial charge < -0.3 is 25.1 Å². The smallest absolute Gasteiger partial charge is 0.325 e. The first-order chi connectivity index (χ1) is 16.0. The summed E-state index contributed by atoms with van der Waals surface area (Å²) in [5.41, 5.74) is 1.40. The third-order valence-corrected chi connectivity index (χ3v) is 6.09. The average molecular weight is 448 g/mol. The fourth-order valence-electron chi connectivity index (χ4n) is 4.27. The van der Waals surface area contributed by atoms with Gasteiger partial charge in [0.15, 0.2) is 11.5 Å². The van der Waals surface area contributed by atoms with Gasteiger partial charge in [0.2, 0.25) is 5.91 Å². The second-order valence-electron chi connectivity index (χ2n) is 8.26. The summed E-state index contributed by atoms with van der Waals surface area (Å²) in [5.74, 6) is 0.230. The van der Waals surface area contributed by atoms with Crippen molar-refractivity contribution in [3.05, 3.63) is 59.8 Å². The number of nitrogens with one attached hydrogen (secondary N) is 3. The van der Waals surface area contributed by atoms with Gasteiger partial charge in [0.1, 0.15) is 25.3 Å². The maximum atomic E-state index is 13.1. The number of hydrogen-bond acceptors (Lipinski definition) is 5. The largest absolute Gasteiger partial charge is 0.486 e. The van der Waals surface area contributed by atoms with Gasteiger partial charge in [0.25, 0.3) is 5.91 Å². The fraction of sp³-hybridized carbons (Fsp3) is 0.292. The van der Waals surface area contributed by atoms with Crippen LogP contribution in [-0.2, 0) is 21.5 Å². The number of carbonyl (C=O) groups excluding carboxylic acids is 3. The highest BCUT2D eigenvalue weighted by atomic mass is 16.6. The van der Waals surface area contributed by atoms with Crippen LogP contribution in [0.5, 0.6) is 11.5 Å². The van der Waals surface area contributed by atoms with Gasteiger partial charge in [-0.3, -0.25) is 14.5 Å². The maximum absolute atomic E-state index is 13.1. The normalized spacial score (nSPS) is 19.6. The first kappa shape index (κ1) is 20.9. The third-order valence-electron chi connectivity index (χ3n) is 6.09. The van der Waals surface area contributed by atoms with Gasteiger partial charge in [-0.2, -0.15) is 0 Å². The van der Waals surface area contributed by atoms with E-state index in [4.69, 9.17) is 9.47 Å². The van der Waals surface area contributed by atoms with Gasteiger partial charge in [-0.05, 0) is 42.7 Å². The minimum Gasteiger partial charge on any atom is -0.486 e. The van der Waals surface area contributed by atoms with Crippen LogP contribution in [0.25, 0.3) is 10.9 Å². The summed E-state index contributed by atoms with van der Waals surface area (Å²) in [6.07, 6.45) is 2.55. The van der Waals surface area contributed by atoms with Crippen LogP contribution in [0.3, 0.4) is 0 Å². The zero-order chi connectivity index (χ0) is 23.0. The Kier molecular flexibility index (Phi) is 5.16. The lowest BCUT2D eigenvalue weighted by atomic mass is 9.91. The van der Waals surface area contributed by atoms with E-state index in [0.717, 1.165) is 21.4 Å². The van der Waals surface area contributed by atoms with Crippen molar-refractivity contribution >= 4 is 28.7 Å². The Labute approximate surface area is 190 Å². The van der Waals surface area contributed by atoms with Crippen LogP contribution in [0.1, 0.15) is 18.1 Å². The van der Waals surface area contributed by atoms with E-state index in [2.05, 4.69) is 15.6 Å². The van der Waals surface area contributed by atoms with Crippen LogP contribution in [-0.4, -0.2) is 54.0 Å². The predicted octanol–water partition coefficient (Wildman–Crippen LogP) is 2.06. The van der Waals surface area contributed by atoms with Crippen molar-refractivity contribution in [2.45, 2.75) is 18.9 Å². The Morgan fingerprint density at radius 2 is 1.91 bits per heavy atom. The molecule has 3 aromatic rings. The zero-order valence-corrected chi connectivity index (χ0v) is 18.1. The molecule has 170 valence electrons. The summed E-state index contributed by atoms with van der Waals surface area (Å²) in [7, 11) is 0. The standard InChI is InChI=1S/C24H24N4O5/c1-24(16-6-7-19-20(12-16)33-11-10-32-19)22(30)28(23(31)27-24)14-21(29)25-9-8-15-13-26-18-5-3-2-4-17(15)18/h2-7,12-13,26H,8-11,14H2,1H3,(H,25,29)(H,27,31)/t24-/m1/s1. The first-order valence-corrected chi connectivity index (χ1v) is 10.8. The molecule has 2 aromatic carbocycles. The summed E-state index contributed by atoms with van der Waals surface area (Å²) in [6.45, 7) is 2.54. The van der Waals surface area contributed by atoms with E-state index in [-0.39, 0.29) is 6.54 Å². The Bertz CT molecular complexity index is 1250. The number of urea groups is 1. The fourth-order valence-corrected chi connectivity index (χ4v) is 4.27. The number of para-hydroxylation sites is 1. The van der Waals surface area contributed by atoms with Crippen LogP contribution in [0.4, 0.5) is 4.79 Å². The van der Waals surface area contributed by atoms with Crippen LogP contribution in [0.15, 0.2) is 48.7 Å². The van der Waals surface area contributed by atoms with E-state index in [1.807, 2.05) is 30.5 Å². The number of imide groups is 1. The Morgan fingerprint density at radius 1 is 1.12 bits per heavy atom. The van der Waals surface area contributed by atoms with E-state index in [0.29, 0.717) is 43.2 Å². The highest BCUT2D eigenvalue weighted by Crippen LogP contribution is 2.36. The summed E-state index contributed by atoms with van der Waals surface area (Å²) >= 11 is 0. The summed E-state index contributed by atoms with van der Waals surface area (Å²) in [4.78, 5) is 42.3. The molecule has 1 aromatic heterocycles. The second-order valence-corrected chi connectivity index (χ2v) is 8.26. The van der Waals surface area contributed by atoms with Crippen molar-refractivity contribution in [2.24, 2.45) is 0 Å². The molecular weight excluding hydrogens is 424 g/mol. The van der Waals surface area contributed by atoms with Gasteiger partial charge in [-0.1, -0.05) is 24.3 Å². The molecule has 1 fully saturated rings. The molecule has 4 amide bonds. The lowest BCUT2D eigenvalue weighted by molar-refractivity contribution is -0.134. The van der Waals surface area contributed by atoms with Crippen LogP contribution in [0.2, 0.25) is 0 Å². The molecule has 1 saturated heterocycles. The molecule has 33 heavy (non-hydrogen) atoms. The molecule has 0 aliphatic carbocycles. The van der Waals surface area contributed by atoms with Gasteiger partial charge in [-0.15, -0.1) is 0 Å². The van der Waals surface area contributed by atoms with E-state index >= 15 is 0 Å². The lowest BCUT2D eigenvalue weighted by Crippen LogP contribution is -2.43. The van der Waals surface area contributed by atoms with E-state index < -0.39 is 23.4 Å². The Hall–Kier alpha value is -4.01. The monoisotopic (exact) mass is 448 g/mol. The van der Waals surface area contributed by atoms with E-state index in [9.17, 15) is 14.4 Å². The molecular formula is C24H24N4O5. The van der Waals surface area contributed by atoms with Crippen molar-refractivity contribution in [1.82, 2.24) is 20.5 Å². The molecule has 0 unspecified atom stereocenters. The molecule has 9 heteroatoms.